The van der Waals surface area contributed by atoms with Crippen molar-refractivity contribution in [3.05, 3.63) is 45.4 Å². The van der Waals surface area contributed by atoms with Gasteiger partial charge in [0.25, 0.3) is 5.56 Å². The van der Waals surface area contributed by atoms with Gasteiger partial charge in [-0.15, -0.1) is 0 Å². The number of hydrogen-bond acceptors (Lipinski definition) is 5. The SMILES string of the molecule is CCN(C)c1cnn(Cc2nc(C)cc(Cl)n2)c(=O)c1. The van der Waals surface area contributed by atoms with Crippen LogP contribution in [0.15, 0.2) is 23.1 Å². The Morgan fingerprint density at radius 1 is 1.35 bits per heavy atom. The van der Waals surface area contributed by atoms with Crippen LogP contribution in [0, 0.1) is 6.92 Å². The summed E-state index contributed by atoms with van der Waals surface area (Å²) in [5.41, 5.74) is 1.36. The topological polar surface area (TPSA) is 63.9 Å². The summed E-state index contributed by atoms with van der Waals surface area (Å²) in [7, 11) is 1.91. The third-order valence-corrected chi connectivity index (χ3v) is 3.12. The number of aromatic nitrogens is 4. The molecule has 20 heavy (non-hydrogen) atoms. The van der Waals surface area contributed by atoms with Crippen molar-refractivity contribution < 1.29 is 0 Å². The Morgan fingerprint density at radius 3 is 2.70 bits per heavy atom. The molecule has 106 valence electrons. The summed E-state index contributed by atoms with van der Waals surface area (Å²) >= 11 is 5.88. The van der Waals surface area contributed by atoms with E-state index >= 15 is 0 Å². The van der Waals surface area contributed by atoms with Crippen LogP contribution in [0.1, 0.15) is 18.4 Å². The number of halogens is 1. The van der Waals surface area contributed by atoms with Crippen LogP contribution in [-0.4, -0.2) is 33.3 Å². The Morgan fingerprint density at radius 2 is 2.10 bits per heavy atom. The molecule has 0 aromatic carbocycles. The molecule has 0 unspecified atom stereocenters. The van der Waals surface area contributed by atoms with Crippen molar-refractivity contribution in [2.24, 2.45) is 0 Å². The Bertz CT molecular complexity index is 650. The van der Waals surface area contributed by atoms with E-state index in [0.717, 1.165) is 17.9 Å². The lowest BCUT2D eigenvalue weighted by atomic mass is 10.4. The quantitative estimate of drug-likeness (QED) is 0.799. The molecule has 0 N–H and O–H groups in total. The molecule has 0 fully saturated rings. The van der Waals surface area contributed by atoms with Gasteiger partial charge < -0.3 is 4.90 Å². The largest absolute Gasteiger partial charge is 0.373 e. The first-order valence-corrected chi connectivity index (χ1v) is 6.65. The molecule has 0 aliphatic carbocycles. The molecule has 2 aromatic heterocycles. The maximum Gasteiger partial charge on any atom is 0.269 e. The van der Waals surface area contributed by atoms with E-state index < -0.39 is 0 Å². The van der Waals surface area contributed by atoms with E-state index in [0.29, 0.717) is 11.0 Å². The van der Waals surface area contributed by atoms with Gasteiger partial charge in [0.05, 0.1) is 11.9 Å². The van der Waals surface area contributed by atoms with E-state index in [1.165, 1.54) is 4.68 Å². The zero-order valence-corrected chi connectivity index (χ0v) is 12.4. The van der Waals surface area contributed by atoms with Gasteiger partial charge in [0.1, 0.15) is 11.7 Å². The van der Waals surface area contributed by atoms with Gasteiger partial charge in [-0.2, -0.15) is 5.10 Å². The molecule has 0 aliphatic rings. The van der Waals surface area contributed by atoms with Crippen molar-refractivity contribution in [3.8, 4) is 0 Å². The van der Waals surface area contributed by atoms with Crippen molar-refractivity contribution >= 4 is 17.3 Å². The second-order valence-electron chi connectivity index (χ2n) is 4.47. The lowest BCUT2D eigenvalue weighted by molar-refractivity contribution is 0.611. The van der Waals surface area contributed by atoms with E-state index in [9.17, 15) is 4.79 Å². The van der Waals surface area contributed by atoms with Gasteiger partial charge in [0.15, 0.2) is 5.82 Å². The molecule has 0 spiro atoms. The van der Waals surface area contributed by atoms with E-state index in [1.807, 2.05) is 25.8 Å². The van der Waals surface area contributed by atoms with Crippen LogP contribution in [-0.2, 0) is 6.54 Å². The molecule has 7 heteroatoms. The molecule has 0 bridgehead atoms. The highest BCUT2D eigenvalue weighted by Crippen LogP contribution is 2.08. The first-order chi connectivity index (χ1) is 9.49. The highest BCUT2D eigenvalue weighted by Gasteiger charge is 2.07. The molecule has 0 saturated heterocycles. The van der Waals surface area contributed by atoms with Crippen LogP contribution >= 0.6 is 11.6 Å². The summed E-state index contributed by atoms with van der Waals surface area (Å²) in [5.74, 6) is 0.473. The average Bonchev–Trinajstić information content (AvgIpc) is 2.39. The molecule has 0 amide bonds. The average molecular weight is 294 g/mol. The molecule has 0 atom stereocenters. The maximum atomic E-state index is 12.0. The fourth-order valence-electron chi connectivity index (χ4n) is 1.73. The fraction of sp³-hybridized carbons (Fsp3) is 0.385. The molecule has 2 rings (SSSR count). The van der Waals surface area contributed by atoms with Crippen LogP contribution in [0.2, 0.25) is 5.15 Å². The second-order valence-corrected chi connectivity index (χ2v) is 4.86. The van der Waals surface area contributed by atoms with E-state index in [-0.39, 0.29) is 12.1 Å². The zero-order valence-electron chi connectivity index (χ0n) is 11.7. The zero-order chi connectivity index (χ0) is 14.7. The first-order valence-electron chi connectivity index (χ1n) is 6.28. The van der Waals surface area contributed by atoms with E-state index in [1.54, 1.807) is 18.3 Å². The van der Waals surface area contributed by atoms with Gasteiger partial charge in [-0.05, 0) is 19.9 Å². The van der Waals surface area contributed by atoms with Crippen molar-refractivity contribution in [1.29, 1.82) is 0 Å². The summed E-state index contributed by atoms with van der Waals surface area (Å²) in [6.07, 6.45) is 1.66. The van der Waals surface area contributed by atoms with Crippen LogP contribution in [0.3, 0.4) is 0 Å². The van der Waals surface area contributed by atoms with Crippen LogP contribution in [0.25, 0.3) is 0 Å². The smallest absolute Gasteiger partial charge is 0.269 e. The minimum Gasteiger partial charge on any atom is -0.373 e. The third-order valence-electron chi connectivity index (χ3n) is 2.93. The van der Waals surface area contributed by atoms with Gasteiger partial charge >= 0.3 is 0 Å². The van der Waals surface area contributed by atoms with E-state index in [4.69, 9.17) is 11.6 Å². The predicted molar refractivity (Wildman–Crippen MR) is 78.3 cm³/mol. The minimum absolute atomic E-state index is 0.191. The van der Waals surface area contributed by atoms with Crippen molar-refractivity contribution in [2.45, 2.75) is 20.4 Å². The molecular formula is C13H16ClN5O. The maximum absolute atomic E-state index is 12.0. The Hall–Kier alpha value is -1.95. The number of aryl methyl sites for hydroxylation is 1. The number of rotatable bonds is 4. The van der Waals surface area contributed by atoms with E-state index in [2.05, 4.69) is 15.1 Å². The molecule has 2 aromatic rings. The van der Waals surface area contributed by atoms with Gasteiger partial charge in [-0.1, -0.05) is 11.6 Å². The van der Waals surface area contributed by atoms with Gasteiger partial charge in [-0.3, -0.25) is 4.79 Å². The summed E-state index contributed by atoms with van der Waals surface area (Å²) in [6, 6.07) is 3.22. The highest BCUT2D eigenvalue weighted by molar-refractivity contribution is 6.29. The van der Waals surface area contributed by atoms with Crippen LogP contribution in [0.5, 0.6) is 0 Å². The van der Waals surface area contributed by atoms with Gasteiger partial charge in [0.2, 0.25) is 0 Å². The highest BCUT2D eigenvalue weighted by atomic mass is 35.5. The Balaban J connectivity index is 2.28. The van der Waals surface area contributed by atoms with Gasteiger partial charge in [-0.25, -0.2) is 14.6 Å². The number of hydrogen-bond donors (Lipinski definition) is 0. The lowest BCUT2D eigenvalue weighted by Gasteiger charge is -2.16. The second kappa shape index (κ2) is 6.00. The summed E-state index contributed by atoms with van der Waals surface area (Å²) in [5, 5.41) is 4.51. The summed E-state index contributed by atoms with van der Waals surface area (Å²) in [4.78, 5) is 22.3. The molecule has 2 heterocycles. The minimum atomic E-state index is -0.191. The monoisotopic (exact) mass is 293 g/mol. The molecule has 0 saturated carbocycles. The normalized spacial score (nSPS) is 10.6. The fourth-order valence-corrected chi connectivity index (χ4v) is 1.98. The molecule has 0 radical (unpaired) electrons. The van der Waals surface area contributed by atoms with Gasteiger partial charge in [0, 0.05) is 25.4 Å². The lowest BCUT2D eigenvalue weighted by Crippen LogP contribution is -2.26. The number of anilines is 1. The number of nitrogens with zero attached hydrogens (tertiary/aromatic N) is 5. The Labute approximate surface area is 122 Å². The standard InChI is InChI=1S/C13H16ClN5O/c1-4-18(3)10-6-13(20)19(15-7-10)8-12-16-9(2)5-11(14)17-12/h5-7H,4,8H2,1-3H3. The summed E-state index contributed by atoms with van der Waals surface area (Å²) < 4.78 is 1.32. The Kier molecular flexibility index (Phi) is 4.34. The predicted octanol–water partition coefficient (Wildman–Crippen LogP) is 1.50. The third kappa shape index (κ3) is 3.33. The van der Waals surface area contributed by atoms with Crippen molar-refractivity contribution in [3.63, 3.8) is 0 Å². The molecule has 0 aliphatic heterocycles. The first kappa shape index (κ1) is 14.5. The van der Waals surface area contributed by atoms with Crippen molar-refractivity contribution in [2.75, 3.05) is 18.5 Å². The van der Waals surface area contributed by atoms with Crippen molar-refractivity contribution in [1.82, 2.24) is 19.7 Å². The summed E-state index contributed by atoms with van der Waals surface area (Å²) in [6.45, 7) is 4.85. The molecule has 6 nitrogen and oxygen atoms in total. The van der Waals surface area contributed by atoms with Crippen LogP contribution in [0.4, 0.5) is 5.69 Å². The molecular weight excluding hydrogens is 278 g/mol. The van der Waals surface area contributed by atoms with Crippen LogP contribution < -0.4 is 10.5 Å².